The Morgan fingerprint density at radius 3 is 2.70 bits per heavy atom. The summed E-state index contributed by atoms with van der Waals surface area (Å²) in [6.07, 6.45) is 2.08. The van der Waals surface area contributed by atoms with Crippen molar-refractivity contribution in [2.45, 2.75) is 25.4 Å². The highest BCUT2D eigenvalue weighted by molar-refractivity contribution is 5.95. The second-order valence-corrected chi connectivity index (χ2v) is 5.22. The maximum Gasteiger partial charge on any atom is 0.352 e. The number of amides is 1. The van der Waals surface area contributed by atoms with Crippen molar-refractivity contribution < 1.29 is 14.7 Å². The van der Waals surface area contributed by atoms with Crippen LogP contribution in [0.2, 0.25) is 0 Å². The Morgan fingerprint density at radius 2 is 2.05 bits per heavy atom. The molecule has 1 aromatic heterocycles. The van der Waals surface area contributed by atoms with Crippen molar-refractivity contribution in [1.29, 1.82) is 0 Å². The molecular formula is C15H16N2O3. The second kappa shape index (κ2) is 4.67. The Kier molecular flexibility index (Phi) is 2.97. The first-order valence-electron chi connectivity index (χ1n) is 6.65. The number of para-hydroxylation sites is 1. The number of aromatic nitrogens is 1. The van der Waals surface area contributed by atoms with Crippen molar-refractivity contribution in [3.63, 3.8) is 0 Å². The van der Waals surface area contributed by atoms with Crippen LogP contribution in [0, 0.1) is 0 Å². The van der Waals surface area contributed by atoms with E-state index in [2.05, 4.69) is 0 Å². The summed E-state index contributed by atoms with van der Waals surface area (Å²) in [5, 5.41) is 10.1. The van der Waals surface area contributed by atoms with E-state index in [1.165, 1.54) is 0 Å². The molecule has 1 saturated carbocycles. The average molecular weight is 272 g/mol. The lowest BCUT2D eigenvalue weighted by Gasteiger charge is -2.17. The lowest BCUT2D eigenvalue weighted by molar-refractivity contribution is -0.130. The largest absolute Gasteiger partial charge is 0.477 e. The van der Waals surface area contributed by atoms with Gasteiger partial charge in [0, 0.05) is 24.0 Å². The van der Waals surface area contributed by atoms with Gasteiger partial charge in [-0.1, -0.05) is 18.2 Å². The quantitative estimate of drug-likeness (QED) is 0.925. The fourth-order valence-electron chi connectivity index (χ4n) is 2.47. The number of likely N-dealkylation sites (N-methyl/N-ethyl adjacent to an activating group) is 1. The molecule has 0 aliphatic heterocycles. The highest BCUT2D eigenvalue weighted by Gasteiger charge is 2.30. The third kappa shape index (κ3) is 2.15. The molecule has 0 saturated heterocycles. The van der Waals surface area contributed by atoms with E-state index < -0.39 is 5.97 Å². The maximum absolute atomic E-state index is 12.2. The van der Waals surface area contributed by atoms with Crippen LogP contribution in [-0.4, -0.2) is 39.5 Å². The van der Waals surface area contributed by atoms with Crippen LogP contribution in [0.5, 0.6) is 0 Å². The van der Waals surface area contributed by atoms with Crippen LogP contribution in [-0.2, 0) is 11.3 Å². The molecule has 20 heavy (non-hydrogen) atoms. The van der Waals surface area contributed by atoms with Crippen molar-refractivity contribution in [2.24, 2.45) is 0 Å². The fourth-order valence-corrected chi connectivity index (χ4v) is 2.47. The normalized spacial score (nSPS) is 14.4. The average Bonchev–Trinajstić information content (AvgIpc) is 3.21. The van der Waals surface area contributed by atoms with Crippen LogP contribution >= 0.6 is 0 Å². The molecule has 1 aromatic carbocycles. The molecule has 104 valence electrons. The minimum Gasteiger partial charge on any atom is -0.477 e. The summed E-state index contributed by atoms with van der Waals surface area (Å²) < 4.78 is 1.58. The summed E-state index contributed by atoms with van der Waals surface area (Å²) in [6.45, 7) is 0.0716. The van der Waals surface area contributed by atoms with E-state index in [9.17, 15) is 14.7 Å². The molecule has 1 aliphatic rings. The minimum absolute atomic E-state index is 0.0450. The Morgan fingerprint density at radius 1 is 1.35 bits per heavy atom. The first-order valence-corrected chi connectivity index (χ1v) is 6.65. The first kappa shape index (κ1) is 12.7. The summed E-state index contributed by atoms with van der Waals surface area (Å²) in [6, 6.07) is 9.34. The number of hydrogen-bond donors (Lipinski definition) is 1. The Hall–Kier alpha value is -2.30. The van der Waals surface area contributed by atoms with Crippen LogP contribution in [0.15, 0.2) is 30.3 Å². The summed E-state index contributed by atoms with van der Waals surface area (Å²) in [5.41, 5.74) is 0.936. The van der Waals surface area contributed by atoms with Crippen molar-refractivity contribution >= 4 is 22.8 Å². The van der Waals surface area contributed by atoms with Gasteiger partial charge in [-0.2, -0.15) is 0 Å². The van der Waals surface area contributed by atoms with E-state index >= 15 is 0 Å². The summed E-state index contributed by atoms with van der Waals surface area (Å²) in [4.78, 5) is 25.3. The van der Waals surface area contributed by atoms with Gasteiger partial charge in [0.25, 0.3) is 0 Å². The van der Waals surface area contributed by atoms with Crippen LogP contribution < -0.4 is 0 Å². The fraction of sp³-hybridized carbons (Fsp3) is 0.333. The van der Waals surface area contributed by atoms with Crippen molar-refractivity contribution in [1.82, 2.24) is 9.47 Å². The van der Waals surface area contributed by atoms with Crippen LogP contribution in [0.25, 0.3) is 10.9 Å². The molecule has 5 heteroatoms. The maximum atomic E-state index is 12.2. The smallest absolute Gasteiger partial charge is 0.352 e. The van der Waals surface area contributed by atoms with E-state index in [4.69, 9.17) is 0 Å². The highest BCUT2D eigenvalue weighted by Crippen LogP contribution is 2.26. The number of benzene rings is 1. The van der Waals surface area contributed by atoms with Gasteiger partial charge in [0.2, 0.25) is 5.91 Å². The number of nitrogens with zero attached hydrogens (tertiary/aromatic N) is 2. The monoisotopic (exact) mass is 272 g/mol. The molecular weight excluding hydrogens is 256 g/mol. The first-order chi connectivity index (χ1) is 9.58. The molecule has 1 heterocycles. The molecule has 0 unspecified atom stereocenters. The topological polar surface area (TPSA) is 62.5 Å². The van der Waals surface area contributed by atoms with E-state index in [-0.39, 0.29) is 18.1 Å². The van der Waals surface area contributed by atoms with Gasteiger partial charge < -0.3 is 14.6 Å². The van der Waals surface area contributed by atoms with Crippen molar-refractivity contribution in [3.05, 3.63) is 36.0 Å². The van der Waals surface area contributed by atoms with Gasteiger partial charge in [0.1, 0.15) is 12.2 Å². The van der Waals surface area contributed by atoms with Crippen LogP contribution in [0.3, 0.4) is 0 Å². The third-order valence-electron chi connectivity index (χ3n) is 3.81. The predicted octanol–water partition coefficient (Wildman–Crippen LogP) is 1.96. The van der Waals surface area contributed by atoms with Gasteiger partial charge in [-0.05, 0) is 25.0 Å². The molecule has 0 bridgehead atoms. The molecule has 3 rings (SSSR count). The number of aromatic carboxylic acids is 1. The summed E-state index contributed by atoms with van der Waals surface area (Å²) in [5.74, 6) is -1.06. The van der Waals surface area contributed by atoms with Crippen LogP contribution in [0.1, 0.15) is 23.3 Å². The van der Waals surface area contributed by atoms with Gasteiger partial charge in [-0.3, -0.25) is 4.79 Å². The summed E-state index contributed by atoms with van der Waals surface area (Å²) >= 11 is 0. The molecule has 1 amide bonds. The number of fused-ring (bicyclic) bond motifs is 1. The number of carbonyl (C=O) groups excluding carboxylic acids is 1. The standard InChI is InChI=1S/C15H16N2O3/c1-16(11-6-7-11)14(18)9-17-12-5-3-2-4-10(12)8-13(17)15(19)20/h2-5,8,11H,6-7,9H2,1H3,(H,19,20). The predicted molar refractivity (Wildman–Crippen MR) is 74.7 cm³/mol. The lowest BCUT2D eigenvalue weighted by Crippen LogP contribution is -2.32. The molecule has 5 nitrogen and oxygen atoms in total. The second-order valence-electron chi connectivity index (χ2n) is 5.22. The van der Waals surface area contributed by atoms with Gasteiger partial charge >= 0.3 is 5.97 Å². The molecule has 1 aliphatic carbocycles. The zero-order valence-electron chi connectivity index (χ0n) is 11.2. The van der Waals surface area contributed by atoms with Crippen molar-refractivity contribution in [2.75, 3.05) is 7.05 Å². The Bertz CT molecular complexity index is 685. The zero-order chi connectivity index (χ0) is 14.3. The number of rotatable bonds is 4. The molecule has 0 spiro atoms. The molecule has 0 radical (unpaired) electrons. The van der Waals surface area contributed by atoms with Crippen molar-refractivity contribution in [3.8, 4) is 0 Å². The molecule has 1 fully saturated rings. The highest BCUT2D eigenvalue weighted by atomic mass is 16.4. The third-order valence-corrected chi connectivity index (χ3v) is 3.81. The van der Waals surface area contributed by atoms with Gasteiger partial charge in [0.15, 0.2) is 0 Å². The Balaban J connectivity index is 1.98. The van der Waals surface area contributed by atoms with E-state index in [0.29, 0.717) is 6.04 Å². The number of carboxylic acid groups (broad SMARTS) is 1. The molecule has 1 N–H and O–H groups in total. The number of carbonyl (C=O) groups is 2. The van der Waals surface area contributed by atoms with E-state index in [0.717, 1.165) is 23.7 Å². The van der Waals surface area contributed by atoms with Crippen LogP contribution in [0.4, 0.5) is 0 Å². The van der Waals surface area contributed by atoms with Gasteiger partial charge in [-0.15, -0.1) is 0 Å². The van der Waals surface area contributed by atoms with Gasteiger partial charge in [-0.25, -0.2) is 4.79 Å². The zero-order valence-corrected chi connectivity index (χ0v) is 11.2. The molecule has 0 atom stereocenters. The van der Waals surface area contributed by atoms with E-state index in [1.807, 2.05) is 24.3 Å². The SMILES string of the molecule is CN(C(=O)Cn1c(C(=O)O)cc2ccccc21)C1CC1. The minimum atomic E-state index is -1.01. The number of hydrogen-bond acceptors (Lipinski definition) is 2. The number of carboxylic acids is 1. The Labute approximate surface area is 116 Å². The van der Waals surface area contributed by atoms with E-state index in [1.54, 1.807) is 22.6 Å². The molecule has 2 aromatic rings. The summed E-state index contributed by atoms with van der Waals surface area (Å²) in [7, 11) is 1.78. The lowest BCUT2D eigenvalue weighted by atomic mass is 10.2. The van der Waals surface area contributed by atoms with Gasteiger partial charge in [0.05, 0.1) is 0 Å².